The van der Waals surface area contributed by atoms with Gasteiger partial charge in [0.05, 0.1) is 23.0 Å². The number of nitrogens with one attached hydrogen (secondary N) is 2. The van der Waals surface area contributed by atoms with Gasteiger partial charge in [-0.15, -0.1) is 0 Å². The predicted octanol–water partition coefficient (Wildman–Crippen LogP) is 2.53. The number of amides is 3. The summed E-state index contributed by atoms with van der Waals surface area (Å²) in [5, 5.41) is 5.88. The number of nitrogens with zero attached hydrogens (tertiary/aromatic N) is 2. The van der Waals surface area contributed by atoms with Gasteiger partial charge in [0.15, 0.2) is 0 Å². The summed E-state index contributed by atoms with van der Waals surface area (Å²) < 4.78 is 0. The third-order valence-corrected chi connectivity index (χ3v) is 3.92. The van der Waals surface area contributed by atoms with Crippen molar-refractivity contribution >= 4 is 29.2 Å². The number of carbonyl (C=O) groups excluding carboxylic acids is 3. The molecule has 0 aliphatic carbocycles. The molecule has 0 radical (unpaired) electrons. The fraction of sp³-hybridized carbons (Fsp3) is 0.263. The average molecular weight is 352 g/mol. The van der Waals surface area contributed by atoms with Crippen LogP contribution in [0.5, 0.6) is 0 Å². The van der Waals surface area contributed by atoms with Crippen molar-refractivity contribution in [3.8, 4) is 0 Å². The molecule has 0 unspecified atom stereocenters. The van der Waals surface area contributed by atoms with E-state index in [-0.39, 0.29) is 36.7 Å². The first kappa shape index (κ1) is 17.6. The Labute approximate surface area is 151 Å². The smallest absolute Gasteiger partial charge is 0.261 e. The van der Waals surface area contributed by atoms with Gasteiger partial charge in [-0.25, -0.2) is 4.98 Å². The van der Waals surface area contributed by atoms with Crippen LogP contribution in [0, 0.1) is 0 Å². The van der Waals surface area contributed by atoms with Gasteiger partial charge in [0.2, 0.25) is 5.91 Å². The lowest BCUT2D eigenvalue weighted by atomic mass is 10.1. The minimum absolute atomic E-state index is 0.0253. The van der Waals surface area contributed by atoms with Crippen LogP contribution in [-0.4, -0.2) is 40.2 Å². The quantitative estimate of drug-likeness (QED) is 0.780. The highest BCUT2D eigenvalue weighted by Gasteiger charge is 2.34. The lowest BCUT2D eigenvalue weighted by Crippen LogP contribution is -2.32. The lowest BCUT2D eigenvalue weighted by molar-refractivity contribution is -0.116. The molecule has 0 bridgehead atoms. The molecule has 0 saturated heterocycles. The number of hydrogen-bond donors (Lipinski definition) is 2. The van der Waals surface area contributed by atoms with Gasteiger partial charge in [-0.1, -0.05) is 12.1 Å². The second kappa shape index (κ2) is 7.35. The van der Waals surface area contributed by atoms with Crippen molar-refractivity contribution in [2.24, 2.45) is 0 Å². The van der Waals surface area contributed by atoms with Gasteiger partial charge in [-0.2, -0.15) is 0 Å². The zero-order valence-electron chi connectivity index (χ0n) is 14.7. The zero-order valence-corrected chi connectivity index (χ0v) is 14.7. The second-order valence-corrected chi connectivity index (χ2v) is 6.34. The van der Waals surface area contributed by atoms with Crippen molar-refractivity contribution in [2.75, 3.05) is 17.2 Å². The molecule has 7 heteroatoms. The number of aromatic nitrogens is 1. The molecule has 1 aliphatic rings. The van der Waals surface area contributed by atoms with Crippen molar-refractivity contribution in [3.05, 3.63) is 53.7 Å². The molecule has 2 heterocycles. The molecule has 26 heavy (non-hydrogen) atoms. The number of benzene rings is 1. The average Bonchev–Trinajstić information content (AvgIpc) is 2.86. The molecule has 0 atom stereocenters. The maximum absolute atomic E-state index is 12.3. The zero-order chi connectivity index (χ0) is 18.7. The Kier molecular flexibility index (Phi) is 4.97. The summed E-state index contributed by atoms with van der Waals surface area (Å²) in [4.78, 5) is 42.0. The number of carbonyl (C=O) groups is 3. The predicted molar refractivity (Wildman–Crippen MR) is 98.1 cm³/mol. The van der Waals surface area contributed by atoms with Gasteiger partial charge in [0, 0.05) is 19.0 Å². The van der Waals surface area contributed by atoms with E-state index in [1.54, 1.807) is 42.6 Å². The Bertz CT molecular complexity index is 811. The first-order valence-electron chi connectivity index (χ1n) is 8.43. The Morgan fingerprint density at radius 3 is 2.27 bits per heavy atom. The maximum Gasteiger partial charge on any atom is 0.261 e. The number of fused-ring (bicyclic) bond motifs is 1. The molecule has 3 amide bonds. The molecule has 134 valence electrons. The fourth-order valence-electron chi connectivity index (χ4n) is 2.73. The monoisotopic (exact) mass is 352 g/mol. The lowest BCUT2D eigenvalue weighted by Gasteiger charge is -2.14. The molecule has 1 aromatic carbocycles. The van der Waals surface area contributed by atoms with E-state index in [9.17, 15) is 14.4 Å². The maximum atomic E-state index is 12.3. The van der Waals surface area contributed by atoms with Gasteiger partial charge in [0.25, 0.3) is 11.8 Å². The molecule has 7 nitrogen and oxygen atoms in total. The van der Waals surface area contributed by atoms with E-state index < -0.39 is 0 Å². The Balaban J connectivity index is 1.55. The summed E-state index contributed by atoms with van der Waals surface area (Å²) in [5.74, 6) is -0.273. The SMILES string of the molecule is CC(C)Nc1ccc(NC(=O)CCN2C(=O)c3ccccc3C2=O)cn1. The van der Waals surface area contributed by atoms with Crippen molar-refractivity contribution in [1.29, 1.82) is 0 Å². The summed E-state index contributed by atoms with van der Waals surface area (Å²) in [7, 11) is 0. The summed E-state index contributed by atoms with van der Waals surface area (Å²) in [6, 6.07) is 10.5. The third kappa shape index (κ3) is 3.72. The molecule has 2 aromatic rings. The van der Waals surface area contributed by atoms with E-state index in [1.807, 2.05) is 13.8 Å². The third-order valence-electron chi connectivity index (χ3n) is 3.92. The Morgan fingerprint density at radius 2 is 1.73 bits per heavy atom. The van der Waals surface area contributed by atoms with Crippen LogP contribution in [-0.2, 0) is 4.79 Å². The molecule has 0 fully saturated rings. The van der Waals surface area contributed by atoms with Crippen LogP contribution in [0.25, 0.3) is 0 Å². The highest BCUT2D eigenvalue weighted by molar-refractivity contribution is 6.21. The van der Waals surface area contributed by atoms with Gasteiger partial charge < -0.3 is 10.6 Å². The first-order valence-corrected chi connectivity index (χ1v) is 8.43. The standard InChI is InChI=1S/C19H20N4O3/c1-12(2)21-16-8-7-13(11-20-16)22-17(24)9-10-23-18(25)14-5-3-4-6-15(14)19(23)26/h3-8,11-12H,9-10H2,1-2H3,(H,20,21)(H,22,24). The summed E-state index contributed by atoms with van der Waals surface area (Å²) >= 11 is 0. The van der Waals surface area contributed by atoms with Crippen LogP contribution < -0.4 is 10.6 Å². The number of pyridine rings is 1. The Hall–Kier alpha value is -3.22. The van der Waals surface area contributed by atoms with Crippen LogP contribution in [0.2, 0.25) is 0 Å². The molecular formula is C19H20N4O3. The van der Waals surface area contributed by atoms with Crippen LogP contribution in [0.1, 0.15) is 41.0 Å². The summed E-state index contributed by atoms with van der Waals surface area (Å²) in [5.41, 5.74) is 1.33. The number of anilines is 2. The molecule has 0 saturated carbocycles. The van der Waals surface area contributed by atoms with E-state index in [4.69, 9.17) is 0 Å². The van der Waals surface area contributed by atoms with E-state index in [0.717, 1.165) is 10.7 Å². The normalized spacial score (nSPS) is 13.1. The van der Waals surface area contributed by atoms with Gasteiger partial charge in [0.1, 0.15) is 5.82 Å². The fourth-order valence-corrected chi connectivity index (χ4v) is 2.73. The summed E-state index contributed by atoms with van der Waals surface area (Å²) in [6.45, 7) is 4.06. The van der Waals surface area contributed by atoms with Crippen LogP contribution in [0.15, 0.2) is 42.6 Å². The molecular weight excluding hydrogens is 332 g/mol. The van der Waals surface area contributed by atoms with E-state index >= 15 is 0 Å². The molecule has 1 aromatic heterocycles. The number of hydrogen-bond acceptors (Lipinski definition) is 5. The van der Waals surface area contributed by atoms with Crippen molar-refractivity contribution < 1.29 is 14.4 Å². The van der Waals surface area contributed by atoms with Gasteiger partial charge in [-0.05, 0) is 38.1 Å². The van der Waals surface area contributed by atoms with E-state index in [1.165, 1.54) is 0 Å². The summed E-state index contributed by atoms with van der Waals surface area (Å²) in [6.07, 6.45) is 1.59. The topological polar surface area (TPSA) is 91.4 Å². The van der Waals surface area contributed by atoms with Crippen molar-refractivity contribution in [1.82, 2.24) is 9.88 Å². The molecule has 1 aliphatic heterocycles. The Morgan fingerprint density at radius 1 is 1.08 bits per heavy atom. The highest BCUT2D eigenvalue weighted by atomic mass is 16.2. The minimum Gasteiger partial charge on any atom is -0.368 e. The van der Waals surface area contributed by atoms with E-state index in [2.05, 4.69) is 15.6 Å². The molecule has 3 rings (SSSR count). The van der Waals surface area contributed by atoms with Crippen molar-refractivity contribution in [3.63, 3.8) is 0 Å². The first-order chi connectivity index (χ1) is 12.5. The van der Waals surface area contributed by atoms with E-state index in [0.29, 0.717) is 16.8 Å². The largest absolute Gasteiger partial charge is 0.368 e. The molecule has 2 N–H and O–H groups in total. The highest BCUT2D eigenvalue weighted by Crippen LogP contribution is 2.22. The van der Waals surface area contributed by atoms with Gasteiger partial charge in [-0.3, -0.25) is 19.3 Å². The van der Waals surface area contributed by atoms with Crippen molar-refractivity contribution in [2.45, 2.75) is 26.3 Å². The second-order valence-electron chi connectivity index (χ2n) is 6.34. The van der Waals surface area contributed by atoms with Crippen LogP contribution in [0.3, 0.4) is 0 Å². The minimum atomic E-state index is -0.357. The van der Waals surface area contributed by atoms with Gasteiger partial charge >= 0.3 is 0 Å². The number of imide groups is 1. The molecule has 0 spiro atoms. The number of rotatable bonds is 6. The van der Waals surface area contributed by atoms with Crippen LogP contribution >= 0.6 is 0 Å². The van der Waals surface area contributed by atoms with Crippen LogP contribution in [0.4, 0.5) is 11.5 Å².